The molecule has 1 aromatic heterocycles. The minimum absolute atomic E-state index is 0.0404. The number of carbonyl (C=O) groups excluding carboxylic acids is 1. The number of nitrogens with one attached hydrogen (secondary N) is 2. The number of hydrogen-bond acceptors (Lipinski definition) is 4. The summed E-state index contributed by atoms with van der Waals surface area (Å²) in [6, 6.07) is 0. The molecule has 0 aliphatic heterocycles. The lowest BCUT2D eigenvalue weighted by molar-refractivity contribution is -0.122. The maximum absolute atomic E-state index is 11.6. The fourth-order valence-electron chi connectivity index (χ4n) is 1.57. The molecule has 0 spiro atoms. The summed E-state index contributed by atoms with van der Waals surface area (Å²) in [5, 5.41) is 4.54. The van der Waals surface area contributed by atoms with Gasteiger partial charge in [-0.2, -0.15) is 12.6 Å². The van der Waals surface area contributed by atoms with Crippen molar-refractivity contribution in [3.63, 3.8) is 0 Å². The highest BCUT2D eigenvalue weighted by molar-refractivity contribution is 7.80. The zero-order valence-corrected chi connectivity index (χ0v) is 10.5. The number of thiazole rings is 1. The molecule has 1 aliphatic carbocycles. The van der Waals surface area contributed by atoms with Crippen LogP contribution in [-0.4, -0.2) is 16.6 Å². The van der Waals surface area contributed by atoms with Gasteiger partial charge in [0.25, 0.3) is 0 Å². The number of H-pyrrole nitrogens is 1. The Morgan fingerprint density at radius 2 is 2.38 bits per heavy atom. The van der Waals surface area contributed by atoms with Crippen LogP contribution >= 0.6 is 24.0 Å². The summed E-state index contributed by atoms with van der Waals surface area (Å²) in [5.74, 6) is 0.814. The summed E-state index contributed by atoms with van der Waals surface area (Å²) < 4.78 is 0. The number of aromatic nitrogens is 1. The molecule has 0 aromatic carbocycles. The predicted octanol–water partition coefficient (Wildman–Crippen LogP) is 1.15. The van der Waals surface area contributed by atoms with Gasteiger partial charge in [0, 0.05) is 17.5 Å². The van der Waals surface area contributed by atoms with Gasteiger partial charge in [-0.05, 0) is 24.0 Å². The van der Waals surface area contributed by atoms with E-state index < -0.39 is 0 Å². The quantitative estimate of drug-likeness (QED) is 0.694. The van der Waals surface area contributed by atoms with E-state index in [4.69, 9.17) is 0 Å². The van der Waals surface area contributed by atoms with E-state index in [2.05, 4.69) is 22.9 Å². The minimum Gasteiger partial charge on any atom is -0.350 e. The molecule has 1 saturated carbocycles. The third-order valence-electron chi connectivity index (χ3n) is 2.87. The second kappa shape index (κ2) is 4.63. The molecule has 1 heterocycles. The Bertz CT molecular complexity index is 434. The van der Waals surface area contributed by atoms with E-state index in [1.807, 2.05) is 0 Å². The second-order valence-corrected chi connectivity index (χ2v) is 5.44. The molecule has 0 radical (unpaired) electrons. The molecule has 6 heteroatoms. The summed E-state index contributed by atoms with van der Waals surface area (Å²) in [6.45, 7) is 0.403. The van der Waals surface area contributed by atoms with Gasteiger partial charge in [0.1, 0.15) is 0 Å². The monoisotopic (exact) mass is 258 g/mol. The number of thiol groups is 1. The molecule has 0 saturated heterocycles. The van der Waals surface area contributed by atoms with Crippen LogP contribution in [0.25, 0.3) is 0 Å². The lowest BCUT2D eigenvalue weighted by atomic mass is 10.1. The lowest BCUT2D eigenvalue weighted by Crippen LogP contribution is -2.26. The van der Waals surface area contributed by atoms with Crippen LogP contribution in [0.5, 0.6) is 0 Å². The summed E-state index contributed by atoms with van der Waals surface area (Å²) in [7, 11) is 0. The Kier molecular flexibility index (Phi) is 3.39. The lowest BCUT2D eigenvalue weighted by Gasteiger charge is -2.10. The van der Waals surface area contributed by atoms with Crippen molar-refractivity contribution in [2.75, 3.05) is 5.75 Å². The molecular formula is C10H14N2O2S2. The Hall–Kier alpha value is -0.750. The molecule has 88 valence electrons. The van der Waals surface area contributed by atoms with Gasteiger partial charge < -0.3 is 10.3 Å². The highest BCUT2D eigenvalue weighted by Crippen LogP contribution is 2.49. The van der Waals surface area contributed by atoms with Crippen molar-refractivity contribution in [2.45, 2.75) is 25.8 Å². The van der Waals surface area contributed by atoms with Crippen LogP contribution in [0, 0.1) is 5.41 Å². The van der Waals surface area contributed by atoms with E-state index in [-0.39, 0.29) is 16.2 Å². The second-order valence-electron chi connectivity index (χ2n) is 4.29. The first kappa shape index (κ1) is 11.7. The molecule has 16 heavy (non-hydrogen) atoms. The summed E-state index contributed by atoms with van der Waals surface area (Å²) in [6.07, 6.45) is 2.74. The number of amides is 1. The first-order chi connectivity index (χ1) is 7.63. The van der Waals surface area contributed by atoms with Gasteiger partial charge in [-0.15, -0.1) is 0 Å². The van der Waals surface area contributed by atoms with Crippen LogP contribution < -0.4 is 10.2 Å². The standard InChI is InChI=1S/C10H14N2O2S2/c13-8(3-10(6-15)1-2-10)11-4-7-5-16-9(14)12-7/h5,15H,1-4,6H2,(H,11,13)(H,12,14). The SMILES string of the molecule is O=C(CC1(CS)CC1)NCc1csc(=O)[nH]1. The number of rotatable bonds is 5. The smallest absolute Gasteiger partial charge is 0.304 e. The van der Waals surface area contributed by atoms with Crippen molar-refractivity contribution < 1.29 is 4.79 Å². The van der Waals surface area contributed by atoms with E-state index in [9.17, 15) is 9.59 Å². The summed E-state index contributed by atoms with van der Waals surface area (Å²) in [4.78, 5) is 25.0. The van der Waals surface area contributed by atoms with E-state index in [0.29, 0.717) is 13.0 Å². The van der Waals surface area contributed by atoms with Gasteiger partial charge >= 0.3 is 4.87 Å². The van der Waals surface area contributed by atoms with E-state index in [0.717, 1.165) is 35.6 Å². The molecule has 1 amide bonds. The van der Waals surface area contributed by atoms with Gasteiger partial charge in [-0.3, -0.25) is 9.59 Å². The highest BCUT2D eigenvalue weighted by atomic mass is 32.1. The first-order valence-corrected chi connectivity index (χ1v) is 6.69. The average Bonchev–Trinajstić information content (AvgIpc) is 2.91. The Balaban J connectivity index is 1.78. The molecular weight excluding hydrogens is 244 g/mol. The molecule has 2 rings (SSSR count). The van der Waals surface area contributed by atoms with Crippen LogP contribution in [0.15, 0.2) is 10.2 Å². The number of hydrogen-bond donors (Lipinski definition) is 3. The molecule has 1 aromatic rings. The van der Waals surface area contributed by atoms with Crippen LogP contribution in [0.4, 0.5) is 0 Å². The van der Waals surface area contributed by atoms with Gasteiger partial charge in [-0.25, -0.2) is 0 Å². The van der Waals surface area contributed by atoms with Gasteiger partial charge in [-0.1, -0.05) is 11.3 Å². The van der Waals surface area contributed by atoms with Crippen molar-refractivity contribution in [1.29, 1.82) is 0 Å². The Morgan fingerprint density at radius 3 is 2.88 bits per heavy atom. The maximum atomic E-state index is 11.6. The molecule has 0 bridgehead atoms. The zero-order chi connectivity index (χ0) is 11.6. The fraction of sp³-hybridized carbons (Fsp3) is 0.600. The maximum Gasteiger partial charge on any atom is 0.304 e. The zero-order valence-electron chi connectivity index (χ0n) is 8.78. The largest absolute Gasteiger partial charge is 0.350 e. The van der Waals surface area contributed by atoms with Crippen molar-refractivity contribution in [3.05, 3.63) is 20.7 Å². The summed E-state index contributed by atoms with van der Waals surface area (Å²) in [5.41, 5.74) is 0.911. The minimum atomic E-state index is -0.0849. The van der Waals surface area contributed by atoms with Crippen LogP contribution in [0.2, 0.25) is 0 Å². The number of aromatic amines is 1. The van der Waals surface area contributed by atoms with Crippen LogP contribution in [0.1, 0.15) is 25.0 Å². The van der Waals surface area contributed by atoms with Crippen molar-refractivity contribution in [1.82, 2.24) is 10.3 Å². The molecule has 0 unspecified atom stereocenters. The average molecular weight is 258 g/mol. The highest BCUT2D eigenvalue weighted by Gasteiger charge is 2.42. The predicted molar refractivity (Wildman–Crippen MR) is 66.9 cm³/mol. The fourth-order valence-corrected chi connectivity index (χ4v) is 2.57. The normalized spacial score (nSPS) is 17.1. The summed E-state index contributed by atoms with van der Waals surface area (Å²) >= 11 is 5.37. The molecule has 2 N–H and O–H groups in total. The third-order valence-corrected chi connectivity index (χ3v) is 4.26. The molecule has 0 atom stereocenters. The van der Waals surface area contributed by atoms with Crippen molar-refractivity contribution in [3.8, 4) is 0 Å². The van der Waals surface area contributed by atoms with E-state index in [1.54, 1.807) is 5.38 Å². The molecule has 1 aliphatic rings. The topological polar surface area (TPSA) is 62.0 Å². The third kappa shape index (κ3) is 2.89. The van der Waals surface area contributed by atoms with Crippen molar-refractivity contribution >= 4 is 29.9 Å². The van der Waals surface area contributed by atoms with Crippen molar-refractivity contribution in [2.24, 2.45) is 5.41 Å². The van der Waals surface area contributed by atoms with E-state index >= 15 is 0 Å². The molecule has 4 nitrogen and oxygen atoms in total. The Morgan fingerprint density at radius 1 is 1.62 bits per heavy atom. The van der Waals surface area contributed by atoms with Crippen LogP contribution in [-0.2, 0) is 11.3 Å². The number of carbonyl (C=O) groups is 1. The van der Waals surface area contributed by atoms with Gasteiger partial charge in [0.05, 0.1) is 6.54 Å². The van der Waals surface area contributed by atoms with Gasteiger partial charge in [0.2, 0.25) is 5.91 Å². The van der Waals surface area contributed by atoms with Crippen LogP contribution in [0.3, 0.4) is 0 Å². The van der Waals surface area contributed by atoms with E-state index in [1.165, 1.54) is 0 Å². The Labute approximate surface area is 103 Å². The van der Waals surface area contributed by atoms with Gasteiger partial charge in [0.15, 0.2) is 0 Å². The molecule has 1 fully saturated rings. The first-order valence-electron chi connectivity index (χ1n) is 5.18.